The molecule has 25 nitrogen and oxygen atoms in total. The van der Waals surface area contributed by atoms with Crippen molar-refractivity contribution >= 4 is 59.2 Å². The molecular formula is C49H83N11O14. The van der Waals surface area contributed by atoms with Gasteiger partial charge in [-0.3, -0.25) is 43.2 Å². The van der Waals surface area contributed by atoms with Crippen LogP contribution in [0.25, 0.3) is 0 Å². The lowest BCUT2D eigenvalue weighted by atomic mass is 9.94. The highest BCUT2D eigenvalue weighted by atomic mass is 16.4. The van der Waals surface area contributed by atoms with E-state index in [2.05, 4.69) is 42.5 Å². The van der Waals surface area contributed by atoms with Gasteiger partial charge in [0, 0.05) is 12.8 Å². The Labute approximate surface area is 432 Å². The van der Waals surface area contributed by atoms with Crippen LogP contribution in [0, 0.1) is 17.8 Å². The Bertz CT molecular complexity index is 2010. The second kappa shape index (κ2) is 34.1. The van der Waals surface area contributed by atoms with E-state index in [1.165, 1.54) is 31.2 Å². The van der Waals surface area contributed by atoms with Crippen molar-refractivity contribution in [2.75, 3.05) is 19.7 Å². The zero-order valence-corrected chi connectivity index (χ0v) is 43.7. The fourth-order valence-corrected chi connectivity index (χ4v) is 7.37. The molecule has 418 valence electrons. The smallest absolute Gasteiger partial charge is 0.326 e. The van der Waals surface area contributed by atoms with Gasteiger partial charge in [0.25, 0.3) is 0 Å². The van der Waals surface area contributed by atoms with E-state index >= 15 is 0 Å². The molecule has 0 fully saturated rings. The van der Waals surface area contributed by atoms with Crippen LogP contribution in [0.2, 0.25) is 0 Å². The van der Waals surface area contributed by atoms with E-state index in [-0.39, 0.29) is 31.6 Å². The topological polar surface area (TPSA) is 426 Å². The SMILES string of the molecule is CC[C@H](C)[C@H](NC(=O)[C@H](CCCCN)NC(=O)[C@H](CCC(=O)O)NC(=O)[C@H](CO)NC(=O)[C@H](C)NC(=O)[C@@H](N)CCCCN)C(=O)N[C@H](C(=O)N[C@@H](Cc1ccc(O)cc1)C(=O)N[C@H](C(=O)O)C(C)C)[C@@H](C)CC. The van der Waals surface area contributed by atoms with Crippen LogP contribution in [0.3, 0.4) is 0 Å². The number of unbranched alkanes of at least 4 members (excludes halogenated alkanes) is 2. The number of amides is 8. The molecule has 0 aliphatic carbocycles. The number of rotatable bonds is 36. The molecule has 8 amide bonds. The molecule has 0 saturated heterocycles. The summed E-state index contributed by atoms with van der Waals surface area (Å²) in [4.78, 5) is 133. The number of aliphatic hydroxyl groups excluding tert-OH is 1. The number of benzene rings is 1. The predicted molar refractivity (Wildman–Crippen MR) is 272 cm³/mol. The molecule has 1 aromatic carbocycles. The molecule has 11 atom stereocenters. The third-order valence-electron chi connectivity index (χ3n) is 12.6. The van der Waals surface area contributed by atoms with E-state index in [1.54, 1.807) is 41.5 Å². The molecule has 0 aliphatic heterocycles. The highest BCUT2D eigenvalue weighted by Gasteiger charge is 2.37. The highest BCUT2D eigenvalue weighted by molar-refractivity contribution is 5.98. The van der Waals surface area contributed by atoms with Gasteiger partial charge in [-0.2, -0.15) is 0 Å². The molecule has 0 spiro atoms. The lowest BCUT2D eigenvalue weighted by Gasteiger charge is -2.31. The van der Waals surface area contributed by atoms with Crippen LogP contribution in [-0.2, 0) is 54.4 Å². The summed E-state index contributed by atoms with van der Waals surface area (Å²) in [5.41, 5.74) is 17.6. The summed E-state index contributed by atoms with van der Waals surface area (Å²) >= 11 is 0. The van der Waals surface area contributed by atoms with E-state index < -0.39 is 151 Å². The number of nitrogens with two attached hydrogens (primary N) is 3. The van der Waals surface area contributed by atoms with Gasteiger partial charge >= 0.3 is 11.9 Å². The van der Waals surface area contributed by atoms with Crippen LogP contribution in [0.15, 0.2) is 24.3 Å². The molecule has 0 radical (unpaired) electrons. The Morgan fingerprint density at radius 1 is 0.514 bits per heavy atom. The van der Waals surface area contributed by atoms with Gasteiger partial charge in [0.15, 0.2) is 0 Å². The van der Waals surface area contributed by atoms with Crippen molar-refractivity contribution in [3.8, 4) is 5.75 Å². The maximum atomic E-state index is 14.3. The summed E-state index contributed by atoms with van der Waals surface area (Å²) in [6.07, 6.45) is 1.56. The van der Waals surface area contributed by atoms with E-state index in [1.807, 2.05) is 0 Å². The number of nitrogens with one attached hydrogen (secondary N) is 8. The molecule has 18 N–H and O–H groups in total. The van der Waals surface area contributed by atoms with Crippen molar-refractivity contribution in [3.63, 3.8) is 0 Å². The number of phenols is 1. The van der Waals surface area contributed by atoms with Gasteiger partial charge in [0.2, 0.25) is 47.3 Å². The van der Waals surface area contributed by atoms with Crippen LogP contribution in [0.4, 0.5) is 0 Å². The average molecular weight is 1050 g/mol. The maximum Gasteiger partial charge on any atom is 0.326 e. The van der Waals surface area contributed by atoms with Crippen LogP contribution < -0.4 is 59.7 Å². The van der Waals surface area contributed by atoms with Gasteiger partial charge in [-0.1, -0.05) is 72.9 Å². The fourth-order valence-electron chi connectivity index (χ4n) is 7.37. The van der Waals surface area contributed by atoms with E-state index in [9.17, 15) is 68.4 Å². The number of aliphatic hydroxyl groups is 1. The summed E-state index contributed by atoms with van der Waals surface area (Å²) in [7, 11) is 0. The zero-order chi connectivity index (χ0) is 56.2. The Morgan fingerprint density at radius 3 is 1.43 bits per heavy atom. The second-order valence-corrected chi connectivity index (χ2v) is 18.9. The van der Waals surface area contributed by atoms with Crippen molar-refractivity contribution in [1.29, 1.82) is 0 Å². The average Bonchev–Trinajstić information content (AvgIpc) is 3.35. The molecule has 0 heterocycles. The Hall–Kier alpha value is -6.44. The Kier molecular flexibility index (Phi) is 30.2. The molecule has 1 rings (SSSR count). The van der Waals surface area contributed by atoms with Crippen LogP contribution in [0.1, 0.15) is 118 Å². The molecule has 0 aliphatic rings. The molecule has 0 saturated carbocycles. The number of phenolic OH excluding ortho intramolecular Hbond substituents is 1. The Morgan fingerprint density at radius 2 is 0.946 bits per heavy atom. The third kappa shape index (κ3) is 23.2. The zero-order valence-electron chi connectivity index (χ0n) is 43.7. The van der Waals surface area contributed by atoms with Crippen molar-refractivity contribution in [1.82, 2.24) is 42.5 Å². The van der Waals surface area contributed by atoms with Crippen molar-refractivity contribution in [2.24, 2.45) is 35.0 Å². The van der Waals surface area contributed by atoms with E-state index in [4.69, 9.17) is 17.2 Å². The van der Waals surface area contributed by atoms with Gasteiger partial charge in [0.05, 0.1) is 12.6 Å². The number of carbonyl (C=O) groups excluding carboxylic acids is 8. The molecule has 25 heteroatoms. The first kappa shape index (κ1) is 65.6. The molecule has 0 aromatic heterocycles. The monoisotopic (exact) mass is 1050 g/mol. The van der Waals surface area contributed by atoms with E-state index in [0.29, 0.717) is 50.6 Å². The van der Waals surface area contributed by atoms with Gasteiger partial charge in [-0.05, 0) is 94.0 Å². The number of carbonyl (C=O) groups is 10. The minimum absolute atomic E-state index is 0.0409. The number of hydrogen-bond donors (Lipinski definition) is 15. The van der Waals surface area contributed by atoms with Gasteiger partial charge < -0.3 is 80.2 Å². The molecule has 0 unspecified atom stereocenters. The van der Waals surface area contributed by atoms with Crippen LogP contribution in [-0.4, -0.2) is 154 Å². The van der Waals surface area contributed by atoms with Crippen LogP contribution >= 0.6 is 0 Å². The number of carboxylic acids is 2. The second-order valence-electron chi connectivity index (χ2n) is 18.9. The lowest BCUT2D eigenvalue weighted by molar-refractivity contribution is -0.143. The predicted octanol–water partition coefficient (Wildman–Crippen LogP) is -1.89. The summed E-state index contributed by atoms with van der Waals surface area (Å²) in [5.74, 6) is -11.3. The molecule has 0 bridgehead atoms. The van der Waals surface area contributed by atoms with Crippen LogP contribution in [0.5, 0.6) is 5.75 Å². The Balaban J connectivity index is 3.45. The summed E-state index contributed by atoms with van der Waals surface area (Å²) in [6, 6.07) is -6.35. The number of carboxylic acid groups (broad SMARTS) is 2. The summed E-state index contributed by atoms with van der Waals surface area (Å²) in [5, 5.41) is 59.4. The lowest BCUT2D eigenvalue weighted by Crippen LogP contribution is -2.62. The van der Waals surface area contributed by atoms with Crippen molar-refractivity contribution in [3.05, 3.63) is 29.8 Å². The largest absolute Gasteiger partial charge is 0.508 e. The first-order valence-corrected chi connectivity index (χ1v) is 25.3. The minimum atomic E-state index is -1.68. The standard InChI is InChI=1S/C49H83N11O14/c1-8-27(5)39(47(71)56-35(24-30-16-18-31(62)19-17-30)45(69)58-38(26(3)4)49(73)74)60-48(72)40(28(6)9-2)59-44(68)33(15-11-13-23-51)54-43(67)34(20-21-37(63)64)55-46(70)36(25-61)57-41(65)29(7)53-42(66)32(52)14-10-12-22-50/h16-19,26-29,32-36,38-40,61-62H,8-15,20-25,50-52H2,1-7H3,(H,53,66)(H,54,67)(H,55,70)(H,56,71)(H,57,65)(H,58,69)(H,59,68)(H,60,72)(H,63,64)(H,73,74)/t27-,28-,29-,32-,33-,34-,35-,36-,38-,39-,40-/m0/s1. The highest BCUT2D eigenvalue weighted by Crippen LogP contribution is 2.16. The maximum absolute atomic E-state index is 14.3. The molecule has 74 heavy (non-hydrogen) atoms. The molecular weight excluding hydrogens is 967 g/mol. The summed E-state index contributed by atoms with van der Waals surface area (Å²) in [6.45, 7) is 11.0. The third-order valence-corrected chi connectivity index (χ3v) is 12.6. The summed E-state index contributed by atoms with van der Waals surface area (Å²) < 4.78 is 0. The normalized spacial score (nSPS) is 15.7. The van der Waals surface area contributed by atoms with Crippen molar-refractivity contribution in [2.45, 2.75) is 173 Å². The van der Waals surface area contributed by atoms with Gasteiger partial charge in [-0.15, -0.1) is 0 Å². The first-order valence-electron chi connectivity index (χ1n) is 25.3. The van der Waals surface area contributed by atoms with Crippen molar-refractivity contribution < 1.29 is 68.4 Å². The van der Waals surface area contributed by atoms with E-state index in [0.717, 1.165) is 0 Å². The first-order chi connectivity index (χ1) is 34.8. The fraction of sp³-hybridized carbons (Fsp3) is 0.673. The number of hydrogen-bond acceptors (Lipinski definition) is 15. The van der Waals surface area contributed by atoms with Gasteiger partial charge in [0.1, 0.15) is 54.1 Å². The molecule has 1 aromatic rings. The van der Waals surface area contributed by atoms with Gasteiger partial charge in [-0.25, -0.2) is 4.79 Å². The quantitative estimate of drug-likeness (QED) is 0.0327. The number of aliphatic carboxylic acids is 2. The minimum Gasteiger partial charge on any atom is -0.508 e. The number of aromatic hydroxyl groups is 1.